The zero-order valence-electron chi connectivity index (χ0n) is 11.6. The third-order valence-corrected chi connectivity index (χ3v) is 3.87. The van der Waals surface area contributed by atoms with Crippen molar-refractivity contribution >= 4 is 21.8 Å². The molecule has 1 aromatic rings. The molecule has 0 aromatic carbocycles. The van der Waals surface area contributed by atoms with Crippen molar-refractivity contribution in [1.82, 2.24) is 9.88 Å². The van der Waals surface area contributed by atoms with E-state index >= 15 is 0 Å². The van der Waals surface area contributed by atoms with Crippen LogP contribution >= 0.6 is 15.9 Å². The molecule has 3 nitrogen and oxygen atoms in total. The van der Waals surface area contributed by atoms with Gasteiger partial charge in [0.2, 0.25) is 0 Å². The van der Waals surface area contributed by atoms with Gasteiger partial charge in [-0.15, -0.1) is 0 Å². The zero-order chi connectivity index (χ0) is 14.0. The van der Waals surface area contributed by atoms with E-state index in [9.17, 15) is 4.79 Å². The standard InChI is InChI=1S/C15H19BrN2O/c1-15(2,3)12-5-8-18(9-6-12)14(19)11-4-7-17-13(16)10-11/h4-5,7,10H,6,8-9H2,1-3H3. The Bertz CT molecular complexity index is 517. The smallest absolute Gasteiger partial charge is 0.254 e. The highest BCUT2D eigenvalue weighted by atomic mass is 79.9. The van der Waals surface area contributed by atoms with Crippen LogP contribution in [0.2, 0.25) is 0 Å². The van der Waals surface area contributed by atoms with Crippen LogP contribution in [0.25, 0.3) is 0 Å². The fourth-order valence-corrected chi connectivity index (χ4v) is 2.62. The third-order valence-electron chi connectivity index (χ3n) is 3.43. The molecule has 0 aliphatic carbocycles. The highest BCUT2D eigenvalue weighted by molar-refractivity contribution is 9.10. The van der Waals surface area contributed by atoms with Crippen LogP contribution in [0.15, 0.2) is 34.6 Å². The van der Waals surface area contributed by atoms with E-state index in [1.165, 1.54) is 5.57 Å². The first-order chi connectivity index (χ1) is 8.88. The summed E-state index contributed by atoms with van der Waals surface area (Å²) >= 11 is 3.30. The summed E-state index contributed by atoms with van der Waals surface area (Å²) in [6.07, 6.45) is 4.80. The normalized spacial score (nSPS) is 16.2. The maximum absolute atomic E-state index is 12.4. The first-order valence-corrected chi connectivity index (χ1v) is 7.27. The molecule has 0 saturated carbocycles. The van der Waals surface area contributed by atoms with Crippen molar-refractivity contribution in [3.63, 3.8) is 0 Å². The molecule has 0 spiro atoms. The molecule has 0 atom stereocenters. The van der Waals surface area contributed by atoms with Gasteiger partial charge in [0.1, 0.15) is 4.60 Å². The summed E-state index contributed by atoms with van der Waals surface area (Å²) in [4.78, 5) is 18.3. The van der Waals surface area contributed by atoms with Crippen molar-refractivity contribution in [2.75, 3.05) is 13.1 Å². The Kier molecular flexibility index (Phi) is 4.09. The van der Waals surface area contributed by atoms with Gasteiger partial charge in [0.25, 0.3) is 5.91 Å². The lowest BCUT2D eigenvalue weighted by Crippen LogP contribution is -2.36. The van der Waals surface area contributed by atoms with E-state index in [2.05, 4.69) is 47.8 Å². The van der Waals surface area contributed by atoms with E-state index in [4.69, 9.17) is 0 Å². The molecule has 0 N–H and O–H groups in total. The predicted octanol–water partition coefficient (Wildman–Crippen LogP) is 3.66. The second-order valence-corrected chi connectivity index (χ2v) is 6.66. The molecule has 0 saturated heterocycles. The predicted molar refractivity (Wildman–Crippen MR) is 80.0 cm³/mol. The Hall–Kier alpha value is -1.16. The average Bonchev–Trinajstić information content (AvgIpc) is 2.37. The number of hydrogen-bond acceptors (Lipinski definition) is 2. The fraction of sp³-hybridized carbons (Fsp3) is 0.467. The number of carbonyl (C=O) groups excluding carboxylic acids is 1. The molecular formula is C15H19BrN2O. The number of amides is 1. The molecule has 1 amide bonds. The van der Waals surface area contributed by atoms with Crippen molar-refractivity contribution < 1.29 is 4.79 Å². The number of halogens is 1. The lowest BCUT2D eigenvalue weighted by atomic mass is 9.83. The summed E-state index contributed by atoms with van der Waals surface area (Å²) < 4.78 is 0.696. The third kappa shape index (κ3) is 3.44. The second kappa shape index (κ2) is 5.45. The number of aromatic nitrogens is 1. The van der Waals surface area contributed by atoms with Gasteiger partial charge in [-0.3, -0.25) is 4.79 Å². The van der Waals surface area contributed by atoms with E-state index in [-0.39, 0.29) is 11.3 Å². The van der Waals surface area contributed by atoms with Crippen LogP contribution in [-0.4, -0.2) is 28.9 Å². The van der Waals surface area contributed by atoms with E-state index in [0.29, 0.717) is 16.7 Å². The van der Waals surface area contributed by atoms with Gasteiger partial charge >= 0.3 is 0 Å². The van der Waals surface area contributed by atoms with Crippen LogP contribution in [0.5, 0.6) is 0 Å². The van der Waals surface area contributed by atoms with Crippen molar-refractivity contribution in [3.8, 4) is 0 Å². The van der Waals surface area contributed by atoms with Crippen LogP contribution in [0.4, 0.5) is 0 Å². The maximum atomic E-state index is 12.4. The summed E-state index contributed by atoms with van der Waals surface area (Å²) in [7, 11) is 0. The molecule has 1 aliphatic heterocycles. The Morgan fingerprint density at radius 2 is 2.16 bits per heavy atom. The quantitative estimate of drug-likeness (QED) is 0.584. The summed E-state index contributed by atoms with van der Waals surface area (Å²) in [5.41, 5.74) is 2.33. The Morgan fingerprint density at radius 3 is 2.68 bits per heavy atom. The fourth-order valence-electron chi connectivity index (χ4n) is 2.25. The molecule has 1 aliphatic rings. The van der Waals surface area contributed by atoms with Gasteiger partial charge in [0.15, 0.2) is 0 Å². The van der Waals surface area contributed by atoms with Crippen LogP contribution in [-0.2, 0) is 0 Å². The zero-order valence-corrected chi connectivity index (χ0v) is 13.2. The molecule has 4 heteroatoms. The van der Waals surface area contributed by atoms with Crippen molar-refractivity contribution in [3.05, 3.63) is 40.1 Å². The first kappa shape index (κ1) is 14.3. The van der Waals surface area contributed by atoms with Gasteiger partial charge in [-0.2, -0.15) is 0 Å². The van der Waals surface area contributed by atoms with Gasteiger partial charge in [-0.05, 0) is 39.9 Å². The molecule has 0 bridgehead atoms. The molecule has 0 unspecified atom stereocenters. The van der Waals surface area contributed by atoms with Gasteiger partial charge in [-0.1, -0.05) is 32.4 Å². The van der Waals surface area contributed by atoms with Crippen LogP contribution in [0.1, 0.15) is 37.6 Å². The van der Waals surface area contributed by atoms with E-state index in [1.54, 1.807) is 18.3 Å². The van der Waals surface area contributed by atoms with Gasteiger partial charge in [0.05, 0.1) is 0 Å². The molecule has 19 heavy (non-hydrogen) atoms. The van der Waals surface area contributed by atoms with Gasteiger partial charge < -0.3 is 4.90 Å². The van der Waals surface area contributed by atoms with Gasteiger partial charge in [0, 0.05) is 24.8 Å². The number of carbonyl (C=O) groups is 1. The van der Waals surface area contributed by atoms with Crippen LogP contribution < -0.4 is 0 Å². The van der Waals surface area contributed by atoms with E-state index < -0.39 is 0 Å². The molecule has 0 radical (unpaired) electrons. The van der Waals surface area contributed by atoms with Crippen molar-refractivity contribution in [2.24, 2.45) is 5.41 Å². The topological polar surface area (TPSA) is 33.2 Å². The molecule has 1 aromatic heterocycles. The summed E-state index contributed by atoms with van der Waals surface area (Å²) in [5.74, 6) is 0.0762. The van der Waals surface area contributed by atoms with E-state index in [0.717, 1.165) is 13.0 Å². The summed E-state index contributed by atoms with van der Waals surface area (Å²) in [5, 5.41) is 0. The molecular weight excluding hydrogens is 304 g/mol. The first-order valence-electron chi connectivity index (χ1n) is 6.48. The summed E-state index contributed by atoms with van der Waals surface area (Å²) in [6, 6.07) is 3.53. The van der Waals surface area contributed by atoms with Gasteiger partial charge in [-0.25, -0.2) is 4.98 Å². The Morgan fingerprint density at radius 1 is 1.42 bits per heavy atom. The Labute approximate surface area is 122 Å². The summed E-state index contributed by atoms with van der Waals surface area (Å²) in [6.45, 7) is 8.15. The lowest BCUT2D eigenvalue weighted by Gasteiger charge is -2.32. The molecule has 2 rings (SSSR count). The largest absolute Gasteiger partial charge is 0.335 e. The monoisotopic (exact) mass is 322 g/mol. The number of pyridine rings is 1. The molecule has 2 heterocycles. The average molecular weight is 323 g/mol. The highest BCUT2D eigenvalue weighted by Crippen LogP contribution is 2.30. The molecule has 102 valence electrons. The highest BCUT2D eigenvalue weighted by Gasteiger charge is 2.24. The maximum Gasteiger partial charge on any atom is 0.254 e. The Balaban J connectivity index is 2.10. The number of hydrogen-bond donors (Lipinski definition) is 0. The lowest BCUT2D eigenvalue weighted by molar-refractivity contribution is 0.0764. The SMILES string of the molecule is CC(C)(C)C1=CCN(C(=O)c2ccnc(Br)c2)CC1. The minimum absolute atomic E-state index is 0.0762. The number of nitrogens with zero attached hydrogens (tertiary/aromatic N) is 2. The minimum atomic E-state index is 0.0762. The van der Waals surface area contributed by atoms with Crippen LogP contribution in [0.3, 0.4) is 0 Å². The molecule has 0 fully saturated rings. The number of rotatable bonds is 1. The van der Waals surface area contributed by atoms with Crippen LogP contribution in [0, 0.1) is 5.41 Å². The minimum Gasteiger partial charge on any atom is -0.335 e. The van der Waals surface area contributed by atoms with Crippen molar-refractivity contribution in [2.45, 2.75) is 27.2 Å². The van der Waals surface area contributed by atoms with Crippen molar-refractivity contribution in [1.29, 1.82) is 0 Å². The second-order valence-electron chi connectivity index (χ2n) is 5.85. The van der Waals surface area contributed by atoms with E-state index in [1.807, 2.05) is 4.90 Å².